The van der Waals surface area contributed by atoms with Gasteiger partial charge in [0.1, 0.15) is 4.90 Å². The van der Waals surface area contributed by atoms with E-state index in [1.165, 1.54) is 0 Å². The molecule has 2 aromatic carbocycles. The first-order valence-electron chi connectivity index (χ1n) is 7.77. The van der Waals surface area contributed by atoms with Crippen molar-refractivity contribution in [2.75, 3.05) is 17.2 Å². The van der Waals surface area contributed by atoms with Crippen molar-refractivity contribution in [3.8, 4) is 0 Å². The highest BCUT2D eigenvalue weighted by Crippen LogP contribution is 2.34. The lowest BCUT2D eigenvalue weighted by molar-refractivity contribution is 0.598. The molecule has 130 valence electrons. The molecule has 0 spiro atoms. The largest absolute Gasteiger partial charge is 0.383 e. The molecule has 0 saturated heterocycles. The number of primary sulfonamides is 1. The van der Waals surface area contributed by atoms with E-state index in [-0.39, 0.29) is 4.90 Å². The van der Waals surface area contributed by atoms with E-state index in [0.717, 1.165) is 36.3 Å². The zero-order valence-corrected chi connectivity index (χ0v) is 16.0. The Kier molecular flexibility index (Phi) is 6.65. The number of alkyl halides is 1. The Labute approximate surface area is 151 Å². The van der Waals surface area contributed by atoms with Crippen LogP contribution in [0, 0.1) is 0 Å². The lowest BCUT2D eigenvalue weighted by atomic mass is 10.1. The van der Waals surface area contributed by atoms with E-state index in [4.69, 9.17) is 5.14 Å². The standard InChI is InChI=1S/C17H22BrN3O2S/c1-2-3-9-20-15-10-13(12-18)11-16(24(19,22)23)17(15)21-14-7-5-4-6-8-14/h4-8,10-11,20-21H,2-3,9,12H2,1H3,(H2,19,22,23). The molecule has 0 atom stereocenters. The van der Waals surface area contributed by atoms with Crippen molar-refractivity contribution in [2.24, 2.45) is 5.14 Å². The smallest absolute Gasteiger partial charge is 0.240 e. The maximum atomic E-state index is 12.1. The highest BCUT2D eigenvalue weighted by atomic mass is 79.9. The minimum Gasteiger partial charge on any atom is -0.383 e. The maximum Gasteiger partial charge on any atom is 0.240 e. The second-order valence-corrected chi connectivity index (χ2v) is 7.56. The van der Waals surface area contributed by atoms with Crippen LogP contribution < -0.4 is 15.8 Å². The van der Waals surface area contributed by atoms with Gasteiger partial charge in [0.2, 0.25) is 10.0 Å². The van der Waals surface area contributed by atoms with Crippen LogP contribution in [0.15, 0.2) is 47.4 Å². The van der Waals surface area contributed by atoms with Gasteiger partial charge in [0, 0.05) is 17.6 Å². The SMILES string of the molecule is CCCCNc1cc(CBr)cc(S(N)(=O)=O)c1Nc1ccccc1. The first-order chi connectivity index (χ1) is 11.5. The number of hydrogen-bond donors (Lipinski definition) is 3. The summed E-state index contributed by atoms with van der Waals surface area (Å²) in [5, 5.41) is 12.5. The van der Waals surface area contributed by atoms with Crippen LogP contribution in [0.3, 0.4) is 0 Å². The average molecular weight is 412 g/mol. The van der Waals surface area contributed by atoms with Gasteiger partial charge in [-0.1, -0.05) is 47.5 Å². The minimum absolute atomic E-state index is 0.0855. The Balaban J connectivity index is 2.53. The summed E-state index contributed by atoms with van der Waals surface area (Å²) < 4.78 is 24.2. The fraction of sp³-hybridized carbons (Fsp3) is 0.294. The van der Waals surface area contributed by atoms with E-state index in [1.807, 2.05) is 36.4 Å². The summed E-state index contributed by atoms with van der Waals surface area (Å²) in [5.41, 5.74) is 2.85. The summed E-state index contributed by atoms with van der Waals surface area (Å²) in [6.45, 7) is 2.87. The lowest BCUT2D eigenvalue weighted by Crippen LogP contribution is -2.16. The molecule has 5 nitrogen and oxygen atoms in total. The Hall–Kier alpha value is -1.57. The number of para-hydroxylation sites is 1. The zero-order valence-electron chi connectivity index (χ0n) is 13.5. The van der Waals surface area contributed by atoms with Crippen molar-refractivity contribution in [2.45, 2.75) is 30.0 Å². The first kappa shape index (κ1) is 18.8. The molecule has 0 heterocycles. The number of anilines is 3. The Morgan fingerprint density at radius 2 is 1.88 bits per heavy atom. The fourth-order valence-electron chi connectivity index (χ4n) is 2.31. The summed E-state index contributed by atoms with van der Waals surface area (Å²) in [6, 6.07) is 13.0. The summed E-state index contributed by atoms with van der Waals surface area (Å²) in [5.74, 6) is 0. The Bertz CT molecular complexity index is 780. The molecule has 2 rings (SSSR count). The number of unbranched alkanes of at least 4 members (excludes halogenated alkanes) is 1. The number of rotatable bonds is 8. The van der Waals surface area contributed by atoms with E-state index in [1.54, 1.807) is 6.07 Å². The second kappa shape index (κ2) is 8.50. The van der Waals surface area contributed by atoms with Crippen molar-refractivity contribution < 1.29 is 8.42 Å². The van der Waals surface area contributed by atoms with Crippen LogP contribution in [0.25, 0.3) is 0 Å². The van der Waals surface area contributed by atoms with E-state index >= 15 is 0 Å². The molecular formula is C17H22BrN3O2S. The number of hydrogen-bond acceptors (Lipinski definition) is 4. The van der Waals surface area contributed by atoms with Gasteiger partial charge in [-0.15, -0.1) is 0 Å². The Morgan fingerprint density at radius 1 is 1.17 bits per heavy atom. The van der Waals surface area contributed by atoms with Gasteiger partial charge in [0.05, 0.1) is 11.4 Å². The zero-order chi connectivity index (χ0) is 17.6. The molecular weight excluding hydrogens is 390 g/mol. The van der Waals surface area contributed by atoms with Crippen LogP contribution in [-0.4, -0.2) is 15.0 Å². The van der Waals surface area contributed by atoms with E-state index in [9.17, 15) is 8.42 Å². The first-order valence-corrected chi connectivity index (χ1v) is 10.4. The summed E-state index contributed by atoms with van der Waals surface area (Å²) in [6.07, 6.45) is 2.04. The number of nitrogens with two attached hydrogens (primary N) is 1. The van der Waals surface area contributed by atoms with Gasteiger partial charge < -0.3 is 10.6 Å². The van der Waals surface area contributed by atoms with Crippen molar-refractivity contribution in [1.29, 1.82) is 0 Å². The van der Waals surface area contributed by atoms with Gasteiger partial charge in [-0.2, -0.15) is 0 Å². The molecule has 0 bridgehead atoms. The normalized spacial score (nSPS) is 11.3. The summed E-state index contributed by atoms with van der Waals surface area (Å²) >= 11 is 3.38. The maximum absolute atomic E-state index is 12.1. The van der Waals surface area contributed by atoms with Crippen LogP contribution in [0.5, 0.6) is 0 Å². The molecule has 0 aromatic heterocycles. The third kappa shape index (κ3) is 4.96. The molecule has 4 N–H and O–H groups in total. The predicted molar refractivity (Wildman–Crippen MR) is 104 cm³/mol. The monoisotopic (exact) mass is 411 g/mol. The molecule has 0 saturated carbocycles. The van der Waals surface area contributed by atoms with E-state index in [2.05, 4.69) is 33.5 Å². The number of benzene rings is 2. The van der Waals surface area contributed by atoms with Crippen molar-refractivity contribution in [3.05, 3.63) is 48.0 Å². The minimum atomic E-state index is -3.86. The Morgan fingerprint density at radius 3 is 2.46 bits per heavy atom. The second-order valence-electron chi connectivity index (χ2n) is 5.47. The molecule has 7 heteroatoms. The van der Waals surface area contributed by atoms with Crippen molar-refractivity contribution in [1.82, 2.24) is 0 Å². The quantitative estimate of drug-likeness (QED) is 0.449. The molecule has 0 amide bonds. The lowest BCUT2D eigenvalue weighted by Gasteiger charge is -2.18. The topological polar surface area (TPSA) is 84.2 Å². The summed E-state index contributed by atoms with van der Waals surface area (Å²) in [4.78, 5) is 0.0855. The van der Waals surface area contributed by atoms with Crippen molar-refractivity contribution >= 4 is 43.0 Å². The molecule has 0 fully saturated rings. The molecule has 24 heavy (non-hydrogen) atoms. The average Bonchev–Trinajstić information content (AvgIpc) is 2.56. The van der Waals surface area contributed by atoms with Crippen LogP contribution in [0.4, 0.5) is 17.1 Å². The van der Waals surface area contributed by atoms with Gasteiger partial charge in [0.25, 0.3) is 0 Å². The van der Waals surface area contributed by atoms with Crippen LogP contribution in [0.2, 0.25) is 0 Å². The third-order valence-electron chi connectivity index (χ3n) is 3.51. The summed E-state index contributed by atoms with van der Waals surface area (Å²) in [7, 11) is -3.86. The highest BCUT2D eigenvalue weighted by molar-refractivity contribution is 9.08. The van der Waals surface area contributed by atoms with Gasteiger partial charge in [-0.05, 0) is 36.2 Å². The highest BCUT2D eigenvalue weighted by Gasteiger charge is 2.19. The van der Waals surface area contributed by atoms with Gasteiger partial charge in [-0.25, -0.2) is 13.6 Å². The van der Waals surface area contributed by atoms with E-state index in [0.29, 0.717) is 11.0 Å². The van der Waals surface area contributed by atoms with Gasteiger partial charge >= 0.3 is 0 Å². The number of sulfonamides is 1. The van der Waals surface area contributed by atoms with Gasteiger partial charge in [-0.3, -0.25) is 0 Å². The molecule has 0 aliphatic carbocycles. The van der Waals surface area contributed by atoms with Crippen LogP contribution >= 0.6 is 15.9 Å². The fourth-order valence-corrected chi connectivity index (χ4v) is 3.39. The van der Waals surface area contributed by atoms with Crippen LogP contribution in [0.1, 0.15) is 25.3 Å². The van der Waals surface area contributed by atoms with Crippen LogP contribution in [-0.2, 0) is 15.4 Å². The number of nitrogens with one attached hydrogen (secondary N) is 2. The van der Waals surface area contributed by atoms with Crippen molar-refractivity contribution in [3.63, 3.8) is 0 Å². The predicted octanol–water partition coefficient (Wildman–Crippen LogP) is 4.18. The molecule has 0 aliphatic rings. The molecule has 0 unspecified atom stereocenters. The third-order valence-corrected chi connectivity index (χ3v) is 5.09. The number of halogens is 1. The van der Waals surface area contributed by atoms with Gasteiger partial charge in [0.15, 0.2) is 0 Å². The molecule has 0 radical (unpaired) electrons. The van der Waals surface area contributed by atoms with E-state index < -0.39 is 10.0 Å². The molecule has 2 aromatic rings. The molecule has 0 aliphatic heterocycles.